The molecule has 3 aromatic heterocycles. The molecule has 1 unspecified atom stereocenters. The zero-order chi connectivity index (χ0) is 24.5. The minimum atomic E-state index is -1.19. The number of aromatic nitrogens is 3. The van der Waals surface area contributed by atoms with E-state index in [0.717, 1.165) is 24.6 Å². The van der Waals surface area contributed by atoms with Crippen LogP contribution in [0.4, 0.5) is 10.9 Å². The summed E-state index contributed by atoms with van der Waals surface area (Å²) in [5.41, 5.74) is 1.23. The van der Waals surface area contributed by atoms with Crippen LogP contribution in [0.15, 0.2) is 34.6 Å². The molecule has 4 heterocycles. The fraction of sp³-hybridized carbons (Fsp3) is 0.375. The number of β-amino-alcohol motifs (C(OH)–C–C–N with tert-alkyl or cyclic N) is 1. The molecule has 0 radical (unpaired) electrons. The van der Waals surface area contributed by atoms with Gasteiger partial charge in [-0.25, -0.2) is 14.8 Å². The van der Waals surface area contributed by atoms with E-state index in [0.29, 0.717) is 36.0 Å². The van der Waals surface area contributed by atoms with Crippen molar-refractivity contribution in [3.63, 3.8) is 0 Å². The van der Waals surface area contributed by atoms with E-state index < -0.39 is 17.6 Å². The molecule has 10 nitrogen and oxygen atoms in total. The molecule has 1 saturated heterocycles. The van der Waals surface area contributed by atoms with Crippen molar-refractivity contribution >= 4 is 45.9 Å². The van der Waals surface area contributed by atoms with E-state index in [4.69, 9.17) is 5.11 Å². The van der Waals surface area contributed by atoms with Gasteiger partial charge in [0.05, 0.1) is 17.4 Å². The Morgan fingerprint density at radius 2 is 2.03 bits per heavy atom. The highest BCUT2D eigenvalue weighted by Gasteiger charge is 2.24. The van der Waals surface area contributed by atoms with Crippen LogP contribution in [-0.2, 0) is 4.79 Å². The Kier molecular flexibility index (Phi) is 6.35. The molecule has 0 bridgehead atoms. The zero-order valence-corrected chi connectivity index (χ0v) is 19.7. The zero-order valence-electron chi connectivity index (χ0n) is 18.9. The Labute approximate surface area is 204 Å². The largest absolute Gasteiger partial charge is 0.478 e. The van der Waals surface area contributed by atoms with Crippen LogP contribution in [0.3, 0.4) is 0 Å². The Balaban J connectivity index is 1.49. The Hall–Kier alpha value is -3.57. The number of hydrogen-bond donors (Lipinski definition) is 3. The lowest BCUT2D eigenvalue weighted by molar-refractivity contribution is -0.131. The predicted molar refractivity (Wildman–Crippen MR) is 132 cm³/mol. The van der Waals surface area contributed by atoms with Crippen molar-refractivity contribution in [1.29, 1.82) is 0 Å². The van der Waals surface area contributed by atoms with Crippen molar-refractivity contribution < 1.29 is 19.8 Å². The number of aliphatic hydroxyl groups excluding tert-OH is 1. The first-order chi connectivity index (χ1) is 16.9. The van der Waals surface area contributed by atoms with Crippen molar-refractivity contribution in [3.05, 3.63) is 57.0 Å². The Morgan fingerprint density at radius 1 is 1.20 bits per heavy atom. The molecule has 1 aliphatic heterocycles. The number of aliphatic hydroxyl groups is 1. The first-order valence-electron chi connectivity index (χ1n) is 11.6. The molecule has 1 saturated carbocycles. The molecule has 0 aromatic carbocycles. The summed E-state index contributed by atoms with van der Waals surface area (Å²) in [6, 6.07) is 3.03. The van der Waals surface area contributed by atoms with Gasteiger partial charge in [0.15, 0.2) is 5.13 Å². The minimum absolute atomic E-state index is 0.113. The van der Waals surface area contributed by atoms with E-state index in [9.17, 15) is 19.5 Å². The number of carbonyl (C=O) groups excluding carboxylic acids is 1. The van der Waals surface area contributed by atoms with Crippen molar-refractivity contribution in [2.45, 2.75) is 44.1 Å². The second-order valence-corrected chi connectivity index (χ2v) is 9.73. The minimum Gasteiger partial charge on any atom is -0.478 e. The van der Waals surface area contributed by atoms with Crippen molar-refractivity contribution in [2.24, 2.45) is 0 Å². The van der Waals surface area contributed by atoms with E-state index in [1.165, 1.54) is 46.6 Å². The number of thiazole rings is 1. The summed E-state index contributed by atoms with van der Waals surface area (Å²) < 4.78 is 1.28. The molecule has 35 heavy (non-hydrogen) atoms. The van der Waals surface area contributed by atoms with Gasteiger partial charge in [0, 0.05) is 42.2 Å². The predicted octanol–water partition coefficient (Wildman–Crippen LogP) is 2.73. The highest BCUT2D eigenvalue weighted by atomic mass is 32.1. The number of carbonyl (C=O) groups is 2. The van der Waals surface area contributed by atoms with Crippen LogP contribution in [0.5, 0.6) is 0 Å². The molecule has 1 amide bonds. The number of anilines is 2. The highest BCUT2D eigenvalue weighted by Crippen LogP contribution is 2.37. The quantitative estimate of drug-likeness (QED) is 0.444. The maximum atomic E-state index is 13.2. The number of nitrogens with zero attached hydrogens (tertiary/aromatic N) is 4. The molecule has 3 aromatic rings. The lowest BCUT2D eigenvalue weighted by atomic mass is 9.83. The highest BCUT2D eigenvalue weighted by molar-refractivity contribution is 7.14. The van der Waals surface area contributed by atoms with Gasteiger partial charge >= 0.3 is 5.97 Å². The fourth-order valence-corrected chi connectivity index (χ4v) is 5.16. The maximum Gasteiger partial charge on any atom is 0.328 e. The van der Waals surface area contributed by atoms with E-state index >= 15 is 0 Å². The van der Waals surface area contributed by atoms with Crippen LogP contribution in [0, 0.1) is 0 Å². The summed E-state index contributed by atoms with van der Waals surface area (Å²) in [6.07, 6.45) is 7.82. The van der Waals surface area contributed by atoms with Gasteiger partial charge in [-0.05, 0) is 43.9 Å². The van der Waals surface area contributed by atoms with Gasteiger partial charge in [-0.3, -0.25) is 19.3 Å². The standard InChI is InChI=1S/C24H25N5O5S/c30-16-5-2-9-28(12-16)21-17(6-7-20(31)32)23(34)29-10-8-15(11-19(29)26-21)22(33)27-24-25-18(13-35-24)14-3-1-4-14/h6-8,10-11,13-14,16,30H,1-5,9,12H2,(H,31,32)(H,25,27,33)/b7-6+. The summed E-state index contributed by atoms with van der Waals surface area (Å²) in [5, 5.41) is 24.5. The van der Waals surface area contributed by atoms with E-state index in [1.54, 1.807) is 4.90 Å². The van der Waals surface area contributed by atoms with Gasteiger partial charge in [-0.15, -0.1) is 11.3 Å². The second kappa shape index (κ2) is 9.59. The smallest absolute Gasteiger partial charge is 0.328 e. The third kappa shape index (κ3) is 4.82. The van der Waals surface area contributed by atoms with Crippen molar-refractivity contribution in [2.75, 3.05) is 23.3 Å². The first-order valence-corrected chi connectivity index (χ1v) is 12.4. The van der Waals surface area contributed by atoms with Crippen molar-refractivity contribution in [1.82, 2.24) is 14.4 Å². The maximum absolute atomic E-state index is 13.2. The summed E-state index contributed by atoms with van der Waals surface area (Å²) >= 11 is 1.39. The number of rotatable bonds is 6. The monoisotopic (exact) mass is 495 g/mol. The lowest BCUT2D eigenvalue weighted by Gasteiger charge is -2.32. The molecule has 1 aliphatic carbocycles. The molecule has 5 rings (SSSR count). The topological polar surface area (TPSA) is 137 Å². The number of piperidine rings is 1. The SMILES string of the molecule is O=C(O)/C=C/c1c(N2CCCC(O)C2)nc2cc(C(=O)Nc3nc(C4CCC4)cs3)ccn2c1=O. The number of nitrogens with one attached hydrogen (secondary N) is 1. The molecule has 0 spiro atoms. The molecule has 2 aliphatic rings. The molecule has 1 atom stereocenters. The number of carboxylic acids is 1. The average Bonchev–Trinajstić information content (AvgIpc) is 3.24. The lowest BCUT2D eigenvalue weighted by Crippen LogP contribution is -2.40. The van der Waals surface area contributed by atoms with Crippen LogP contribution in [0.25, 0.3) is 11.7 Å². The normalized spacial score (nSPS) is 18.7. The number of amides is 1. The average molecular weight is 496 g/mol. The van der Waals surface area contributed by atoms with Gasteiger partial charge < -0.3 is 15.1 Å². The van der Waals surface area contributed by atoms with Gasteiger partial charge in [0.25, 0.3) is 11.5 Å². The second-order valence-electron chi connectivity index (χ2n) is 8.87. The summed E-state index contributed by atoms with van der Waals surface area (Å²) in [4.78, 5) is 48.2. The third-order valence-corrected chi connectivity index (χ3v) is 7.24. The molecule has 2 fully saturated rings. The first kappa shape index (κ1) is 23.2. The van der Waals surface area contributed by atoms with Gasteiger partial charge in [-0.2, -0.15) is 0 Å². The van der Waals surface area contributed by atoms with E-state index in [1.807, 2.05) is 5.38 Å². The third-order valence-electron chi connectivity index (χ3n) is 6.46. The van der Waals surface area contributed by atoms with Crippen LogP contribution in [-0.4, -0.2) is 55.7 Å². The number of aliphatic carboxylic acids is 1. The van der Waals surface area contributed by atoms with Crippen LogP contribution in [0.2, 0.25) is 0 Å². The molecular formula is C24H25N5O5S. The molecule has 3 N–H and O–H groups in total. The van der Waals surface area contributed by atoms with Crippen LogP contribution in [0.1, 0.15) is 59.6 Å². The van der Waals surface area contributed by atoms with E-state index in [2.05, 4.69) is 15.3 Å². The molecule has 11 heteroatoms. The number of pyridine rings is 1. The Morgan fingerprint density at radius 3 is 2.74 bits per heavy atom. The number of carboxylic acid groups (broad SMARTS) is 1. The summed E-state index contributed by atoms with van der Waals surface area (Å²) in [7, 11) is 0. The fourth-order valence-electron chi connectivity index (χ4n) is 4.37. The molecule has 182 valence electrons. The van der Waals surface area contributed by atoms with Crippen molar-refractivity contribution in [3.8, 4) is 0 Å². The Bertz CT molecular complexity index is 1380. The van der Waals surface area contributed by atoms with Crippen LogP contribution >= 0.6 is 11.3 Å². The molecular weight excluding hydrogens is 470 g/mol. The van der Waals surface area contributed by atoms with E-state index in [-0.39, 0.29) is 29.5 Å². The number of hydrogen-bond acceptors (Lipinski definition) is 8. The van der Waals surface area contributed by atoms with Gasteiger partial charge in [0.1, 0.15) is 11.5 Å². The van der Waals surface area contributed by atoms with Gasteiger partial charge in [-0.1, -0.05) is 6.42 Å². The van der Waals surface area contributed by atoms with Crippen LogP contribution < -0.4 is 15.8 Å². The van der Waals surface area contributed by atoms with Gasteiger partial charge in [0.2, 0.25) is 0 Å². The number of fused-ring (bicyclic) bond motifs is 1. The summed E-state index contributed by atoms with van der Waals surface area (Å²) in [6.45, 7) is 0.852. The summed E-state index contributed by atoms with van der Waals surface area (Å²) in [5.74, 6) is -0.784.